The summed E-state index contributed by atoms with van der Waals surface area (Å²) in [6.07, 6.45) is 9.34. The number of halogens is 2. The molecule has 0 fully saturated rings. The van der Waals surface area contributed by atoms with E-state index in [1.165, 1.54) is 23.4 Å². The molecular formula is C32H30F2N6O2. The smallest absolute Gasteiger partial charge is 0.137 e. The van der Waals surface area contributed by atoms with Crippen molar-refractivity contribution < 1.29 is 18.6 Å². The lowest BCUT2D eigenvalue weighted by Gasteiger charge is -2.33. The SMILES string of the molecule is OC(CN1C=C2CC(=NCc3ccc(OCc4ccccc4)cc3)C=CC2N1)(Cn1cncn1)c1ccc(F)cc1F. The summed E-state index contributed by atoms with van der Waals surface area (Å²) in [5.74, 6) is -0.731. The topological polar surface area (TPSA) is 87.8 Å². The fourth-order valence-electron chi connectivity index (χ4n) is 5.15. The van der Waals surface area contributed by atoms with E-state index in [1.807, 2.05) is 72.9 Å². The van der Waals surface area contributed by atoms with Gasteiger partial charge in [-0.1, -0.05) is 54.6 Å². The zero-order valence-electron chi connectivity index (χ0n) is 22.8. The van der Waals surface area contributed by atoms with E-state index < -0.39 is 17.2 Å². The first-order valence-corrected chi connectivity index (χ1v) is 13.6. The first-order chi connectivity index (χ1) is 20.4. The third-order valence-corrected chi connectivity index (χ3v) is 7.28. The molecule has 2 heterocycles. The molecular weight excluding hydrogens is 538 g/mol. The van der Waals surface area contributed by atoms with Crippen molar-refractivity contribution in [3.05, 3.63) is 138 Å². The third-order valence-electron chi connectivity index (χ3n) is 7.28. The average molecular weight is 569 g/mol. The van der Waals surface area contributed by atoms with Crippen molar-refractivity contribution in [2.75, 3.05) is 6.54 Å². The summed E-state index contributed by atoms with van der Waals surface area (Å²) < 4.78 is 35.7. The zero-order chi connectivity index (χ0) is 28.9. The Bertz CT molecular complexity index is 1610. The van der Waals surface area contributed by atoms with Gasteiger partial charge in [-0.3, -0.25) is 4.99 Å². The number of aliphatic hydroxyl groups is 1. The average Bonchev–Trinajstić information content (AvgIpc) is 3.64. The number of aromatic nitrogens is 3. The van der Waals surface area contributed by atoms with Crippen LogP contribution in [-0.2, 0) is 25.3 Å². The van der Waals surface area contributed by atoms with Crippen molar-refractivity contribution in [3.8, 4) is 5.75 Å². The molecule has 0 saturated heterocycles. The molecule has 1 aliphatic carbocycles. The monoisotopic (exact) mass is 568 g/mol. The first kappa shape index (κ1) is 27.5. The standard InChI is InChI=1S/C32H30F2N6O2/c33-26-8-12-29(30(34)15-26)32(41,20-40-22-35-21-37-40)19-39-17-25-14-27(9-13-31(25)38-39)36-16-23-6-10-28(11-7-23)42-18-24-4-2-1-3-5-24/h1-13,15,17,21-22,31,38,41H,14,16,18-20H2. The van der Waals surface area contributed by atoms with Crippen LogP contribution in [-0.4, -0.2) is 43.2 Å². The minimum Gasteiger partial charge on any atom is -0.489 e. The summed E-state index contributed by atoms with van der Waals surface area (Å²) in [4.78, 5) is 8.72. The van der Waals surface area contributed by atoms with Crippen LogP contribution in [0.3, 0.4) is 0 Å². The van der Waals surface area contributed by atoms with Crippen molar-refractivity contribution in [1.82, 2.24) is 25.2 Å². The van der Waals surface area contributed by atoms with Gasteiger partial charge in [-0.05, 0) is 41.0 Å². The van der Waals surface area contributed by atoms with E-state index in [9.17, 15) is 13.9 Å². The number of ether oxygens (including phenoxy) is 1. The second kappa shape index (κ2) is 12.1. The van der Waals surface area contributed by atoms with Gasteiger partial charge in [0.15, 0.2) is 0 Å². The number of aliphatic imine (C=N–C) groups is 1. The Hall–Kier alpha value is -4.67. The summed E-state index contributed by atoms with van der Waals surface area (Å²) in [5.41, 5.74) is 5.79. The lowest BCUT2D eigenvalue weighted by atomic mass is 9.92. The van der Waals surface area contributed by atoms with Gasteiger partial charge in [-0.25, -0.2) is 23.9 Å². The number of benzene rings is 3. The van der Waals surface area contributed by atoms with Crippen LogP contribution in [0, 0.1) is 11.6 Å². The number of hydrogen-bond donors (Lipinski definition) is 2. The molecule has 1 aliphatic heterocycles. The molecule has 6 rings (SSSR count). The second-order valence-corrected chi connectivity index (χ2v) is 10.4. The first-order valence-electron chi connectivity index (χ1n) is 13.6. The molecule has 2 aliphatic rings. The van der Waals surface area contributed by atoms with Crippen LogP contribution in [0.5, 0.6) is 5.75 Å². The Labute approximate surface area is 242 Å². The third kappa shape index (κ3) is 6.45. The predicted octanol–water partition coefficient (Wildman–Crippen LogP) is 4.70. The number of allylic oxidation sites excluding steroid dienone is 1. The summed E-state index contributed by atoms with van der Waals surface area (Å²) in [6.45, 7) is 0.981. The van der Waals surface area contributed by atoms with E-state index in [2.05, 4.69) is 15.5 Å². The van der Waals surface area contributed by atoms with Crippen molar-refractivity contribution in [1.29, 1.82) is 0 Å². The minimum absolute atomic E-state index is 0.00554. The van der Waals surface area contributed by atoms with Crippen molar-refractivity contribution in [2.45, 2.75) is 37.8 Å². The maximum atomic E-state index is 14.8. The number of fused-ring (bicyclic) bond motifs is 1. The van der Waals surface area contributed by atoms with Gasteiger partial charge in [-0.15, -0.1) is 0 Å². The van der Waals surface area contributed by atoms with E-state index in [0.717, 1.165) is 40.3 Å². The molecule has 0 amide bonds. The Kier molecular flexibility index (Phi) is 7.89. The molecule has 0 spiro atoms. The molecule has 214 valence electrons. The molecule has 3 aromatic carbocycles. The normalized spacial score (nSPS) is 18.5. The molecule has 4 aromatic rings. The minimum atomic E-state index is -1.72. The molecule has 1 aromatic heterocycles. The number of β-amino-alcohol motifs (C(OH)–C–C–N with tert-alkyl or cyclic N) is 1. The van der Waals surface area contributed by atoms with Crippen molar-refractivity contribution >= 4 is 5.71 Å². The zero-order valence-corrected chi connectivity index (χ0v) is 22.8. The van der Waals surface area contributed by atoms with E-state index in [1.54, 1.807) is 5.01 Å². The Morgan fingerprint density at radius 1 is 1.02 bits per heavy atom. The van der Waals surface area contributed by atoms with Crippen LogP contribution in [0.15, 0.2) is 114 Å². The van der Waals surface area contributed by atoms with E-state index in [4.69, 9.17) is 9.73 Å². The van der Waals surface area contributed by atoms with Crippen molar-refractivity contribution in [3.63, 3.8) is 0 Å². The maximum absolute atomic E-state index is 14.8. The van der Waals surface area contributed by atoms with Crippen LogP contribution in [0.1, 0.15) is 23.1 Å². The summed E-state index contributed by atoms with van der Waals surface area (Å²) in [5, 5.41) is 17.5. The quantitative estimate of drug-likeness (QED) is 0.289. The Balaban J connectivity index is 1.10. The van der Waals surface area contributed by atoms with Crippen LogP contribution in [0.25, 0.3) is 0 Å². The number of nitrogens with one attached hydrogen (secondary N) is 1. The molecule has 10 heteroatoms. The number of rotatable bonds is 10. The highest BCUT2D eigenvalue weighted by atomic mass is 19.1. The van der Waals surface area contributed by atoms with E-state index >= 15 is 0 Å². The van der Waals surface area contributed by atoms with Gasteiger partial charge in [0, 0.05) is 30.0 Å². The van der Waals surface area contributed by atoms with Crippen LogP contribution >= 0.6 is 0 Å². The van der Waals surface area contributed by atoms with Gasteiger partial charge in [0.2, 0.25) is 0 Å². The van der Waals surface area contributed by atoms with Crippen molar-refractivity contribution in [2.24, 2.45) is 4.99 Å². The van der Waals surface area contributed by atoms with Gasteiger partial charge < -0.3 is 14.9 Å². The highest BCUT2D eigenvalue weighted by Gasteiger charge is 2.37. The molecule has 0 saturated carbocycles. The molecule has 8 nitrogen and oxygen atoms in total. The van der Waals surface area contributed by atoms with Gasteiger partial charge >= 0.3 is 0 Å². The fourth-order valence-corrected chi connectivity index (χ4v) is 5.15. The summed E-state index contributed by atoms with van der Waals surface area (Å²) in [7, 11) is 0. The largest absolute Gasteiger partial charge is 0.489 e. The molecule has 2 N–H and O–H groups in total. The van der Waals surface area contributed by atoms with Gasteiger partial charge in [0.25, 0.3) is 0 Å². The lowest BCUT2D eigenvalue weighted by molar-refractivity contribution is -0.0195. The van der Waals surface area contributed by atoms with Gasteiger partial charge in [0.1, 0.15) is 42.2 Å². The molecule has 42 heavy (non-hydrogen) atoms. The summed E-state index contributed by atoms with van der Waals surface area (Å²) in [6, 6.07) is 21.1. The van der Waals surface area contributed by atoms with Crippen LogP contribution in [0.4, 0.5) is 8.78 Å². The lowest BCUT2D eigenvalue weighted by Crippen LogP contribution is -2.47. The number of hydrogen-bond acceptors (Lipinski definition) is 7. The Morgan fingerprint density at radius 3 is 2.62 bits per heavy atom. The highest BCUT2D eigenvalue weighted by Crippen LogP contribution is 2.30. The fraction of sp³-hybridized carbons (Fsp3) is 0.219. The molecule has 2 unspecified atom stereocenters. The second-order valence-electron chi connectivity index (χ2n) is 10.4. The van der Waals surface area contributed by atoms with Gasteiger partial charge in [0.05, 0.1) is 25.7 Å². The predicted molar refractivity (Wildman–Crippen MR) is 154 cm³/mol. The van der Waals surface area contributed by atoms with Gasteiger partial charge in [-0.2, -0.15) is 5.10 Å². The molecule has 2 atom stereocenters. The maximum Gasteiger partial charge on any atom is 0.137 e. The number of nitrogens with zero attached hydrogens (tertiary/aromatic N) is 5. The molecule has 0 bridgehead atoms. The van der Waals surface area contributed by atoms with E-state index in [0.29, 0.717) is 19.6 Å². The number of hydrazine groups is 1. The van der Waals surface area contributed by atoms with Crippen LogP contribution < -0.4 is 10.2 Å². The molecule has 0 radical (unpaired) electrons. The summed E-state index contributed by atoms with van der Waals surface area (Å²) >= 11 is 0. The highest BCUT2D eigenvalue weighted by molar-refractivity contribution is 5.98. The van der Waals surface area contributed by atoms with Crippen LogP contribution in [0.2, 0.25) is 0 Å². The Morgan fingerprint density at radius 2 is 1.86 bits per heavy atom. The van der Waals surface area contributed by atoms with E-state index in [-0.39, 0.29) is 24.7 Å².